The van der Waals surface area contributed by atoms with Crippen LogP contribution in [-0.4, -0.2) is 34.1 Å². The van der Waals surface area contributed by atoms with Gasteiger partial charge in [0.25, 0.3) is 0 Å². The minimum Gasteiger partial charge on any atom is -0.453 e. The van der Waals surface area contributed by atoms with Gasteiger partial charge in [0.1, 0.15) is 6.54 Å². The summed E-state index contributed by atoms with van der Waals surface area (Å²) in [5.41, 5.74) is 0.700. The van der Waals surface area contributed by atoms with Gasteiger partial charge in [-0.15, -0.1) is 5.10 Å². The van der Waals surface area contributed by atoms with Gasteiger partial charge < -0.3 is 10.1 Å². The van der Waals surface area contributed by atoms with Gasteiger partial charge in [-0.05, 0) is 12.1 Å². The van der Waals surface area contributed by atoms with Crippen LogP contribution in [0.15, 0.2) is 36.5 Å². The summed E-state index contributed by atoms with van der Waals surface area (Å²) in [6.45, 7) is -0.00918. The molecule has 0 bridgehead atoms. The van der Waals surface area contributed by atoms with Gasteiger partial charge in [-0.2, -0.15) is 0 Å². The number of para-hydroxylation sites is 1. The van der Waals surface area contributed by atoms with E-state index >= 15 is 0 Å². The molecule has 0 aliphatic heterocycles. The first-order valence-electron chi connectivity index (χ1n) is 5.77. The average Bonchev–Trinajstić information content (AvgIpc) is 2.86. The molecule has 20 heavy (non-hydrogen) atoms. The topological polar surface area (TPSA) is 98.1 Å². The fraction of sp³-hybridized carbons (Fsp3) is 0.167. The summed E-state index contributed by atoms with van der Waals surface area (Å²) >= 11 is 0. The maximum Gasteiger partial charge on any atom is 0.412 e. The zero-order valence-corrected chi connectivity index (χ0v) is 10.7. The molecule has 0 atom stereocenters. The van der Waals surface area contributed by atoms with Crippen molar-refractivity contribution in [2.24, 2.45) is 0 Å². The third-order valence-electron chi connectivity index (χ3n) is 2.32. The summed E-state index contributed by atoms with van der Waals surface area (Å²) in [5.74, 6) is -0.0323. The lowest BCUT2D eigenvalue weighted by atomic mass is 10.3. The van der Waals surface area contributed by atoms with Crippen molar-refractivity contribution in [1.29, 1.82) is 0 Å². The van der Waals surface area contributed by atoms with E-state index in [0.717, 1.165) is 0 Å². The van der Waals surface area contributed by atoms with Gasteiger partial charge in [-0.3, -0.25) is 10.1 Å². The van der Waals surface area contributed by atoms with Gasteiger partial charge in [0.05, 0.1) is 13.3 Å². The zero-order valence-electron chi connectivity index (χ0n) is 10.7. The van der Waals surface area contributed by atoms with E-state index in [1.807, 2.05) is 18.2 Å². The van der Waals surface area contributed by atoms with Crippen LogP contribution in [0.2, 0.25) is 0 Å². The van der Waals surface area contributed by atoms with Crippen LogP contribution in [0.4, 0.5) is 16.3 Å². The Morgan fingerprint density at radius 2 is 2.00 bits per heavy atom. The first-order chi connectivity index (χ1) is 9.67. The van der Waals surface area contributed by atoms with Crippen molar-refractivity contribution in [3.63, 3.8) is 0 Å². The minimum absolute atomic E-state index is 0.00918. The maximum absolute atomic E-state index is 11.8. The number of methoxy groups -OCH3 is 1. The second kappa shape index (κ2) is 6.32. The van der Waals surface area contributed by atoms with Crippen molar-refractivity contribution in [3.05, 3.63) is 36.5 Å². The smallest absolute Gasteiger partial charge is 0.412 e. The highest BCUT2D eigenvalue weighted by molar-refractivity contribution is 5.90. The normalized spacial score (nSPS) is 9.85. The van der Waals surface area contributed by atoms with Crippen LogP contribution in [0.3, 0.4) is 0 Å². The Morgan fingerprint density at radius 1 is 1.25 bits per heavy atom. The molecular formula is C12H13N5O3. The Morgan fingerprint density at radius 3 is 2.70 bits per heavy atom. The largest absolute Gasteiger partial charge is 0.453 e. The monoisotopic (exact) mass is 275 g/mol. The first kappa shape index (κ1) is 13.5. The number of carbonyl (C=O) groups excluding carboxylic acids is 2. The Labute approximate surface area is 114 Å². The highest BCUT2D eigenvalue weighted by Gasteiger charge is 2.08. The molecule has 2 amide bonds. The van der Waals surface area contributed by atoms with E-state index in [9.17, 15) is 9.59 Å². The summed E-state index contributed by atoms with van der Waals surface area (Å²) in [6.07, 6.45) is 0.785. The Hall–Kier alpha value is -2.90. The zero-order chi connectivity index (χ0) is 14.4. The van der Waals surface area contributed by atoms with Crippen molar-refractivity contribution >= 4 is 23.5 Å². The Bertz CT molecular complexity index is 596. The van der Waals surface area contributed by atoms with Crippen LogP contribution in [-0.2, 0) is 16.1 Å². The van der Waals surface area contributed by atoms with Crippen LogP contribution in [0.25, 0.3) is 0 Å². The molecule has 0 saturated carbocycles. The number of ether oxygens (including phenoxy) is 1. The summed E-state index contributed by atoms with van der Waals surface area (Å²) in [7, 11) is 1.24. The molecule has 104 valence electrons. The average molecular weight is 275 g/mol. The van der Waals surface area contributed by atoms with Gasteiger partial charge in [0, 0.05) is 5.69 Å². The van der Waals surface area contributed by atoms with E-state index in [-0.39, 0.29) is 18.3 Å². The lowest BCUT2D eigenvalue weighted by Gasteiger charge is -2.04. The molecule has 0 fully saturated rings. The molecule has 2 N–H and O–H groups in total. The van der Waals surface area contributed by atoms with E-state index in [4.69, 9.17) is 0 Å². The number of amides is 2. The van der Waals surface area contributed by atoms with Gasteiger partial charge in [0.15, 0.2) is 5.82 Å². The predicted octanol–water partition coefficient (Wildman–Crippen LogP) is 1.10. The third-order valence-corrected chi connectivity index (χ3v) is 2.32. The molecule has 0 saturated heterocycles. The second-order valence-corrected chi connectivity index (χ2v) is 3.83. The highest BCUT2D eigenvalue weighted by Crippen LogP contribution is 2.05. The SMILES string of the molecule is COC(=O)Nc1cn(CC(=O)Nc2ccccc2)nn1. The van der Waals surface area contributed by atoms with Gasteiger partial charge >= 0.3 is 6.09 Å². The van der Waals surface area contributed by atoms with E-state index in [1.54, 1.807) is 12.1 Å². The standard InChI is InChI=1S/C12H13N5O3/c1-20-12(19)14-10-7-17(16-15-10)8-11(18)13-9-5-3-2-4-6-9/h2-7H,8H2,1H3,(H,13,18)(H,14,19). The number of aromatic nitrogens is 3. The van der Waals surface area contributed by atoms with E-state index in [1.165, 1.54) is 18.0 Å². The highest BCUT2D eigenvalue weighted by atomic mass is 16.5. The Kier molecular flexibility index (Phi) is 4.28. The van der Waals surface area contributed by atoms with Crippen LogP contribution < -0.4 is 10.6 Å². The van der Waals surface area contributed by atoms with Gasteiger partial charge in [0.2, 0.25) is 5.91 Å². The molecule has 2 aromatic rings. The summed E-state index contributed by atoms with van der Waals surface area (Å²) in [5, 5.41) is 12.5. The fourth-order valence-electron chi connectivity index (χ4n) is 1.46. The van der Waals surface area contributed by atoms with Crippen LogP contribution in [0, 0.1) is 0 Å². The second-order valence-electron chi connectivity index (χ2n) is 3.83. The van der Waals surface area contributed by atoms with Crippen molar-refractivity contribution in [1.82, 2.24) is 15.0 Å². The number of benzene rings is 1. The van der Waals surface area contributed by atoms with Crippen LogP contribution in [0.5, 0.6) is 0 Å². The van der Waals surface area contributed by atoms with Crippen molar-refractivity contribution in [2.75, 3.05) is 17.7 Å². The minimum atomic E-state index is -0.647. The number of hydrogen-bond acceptors (Lipinski definition) is 5. The number of hydrogen-bond donors (Lipinski definition) is 2. The van der Waals surface area contributed by atoms with Crippen LogP contribution in [0.1, 0.15) is 0 Å². The molecule has 0 aliphatic rings. The molecule has 0 unspecified atom stereocenters. The number of carbonyl (C=O) groups is 2. The molecule has 2 rings (SSSR count). The molecule has 1 aromatic heterocycles. The predicted molar refractivity (Wildman–Crippen MR) is 71.1 cm³/mol. The molecule has 0 aliphatic carbocycles. The quantitative estimate of drug-likeness (QED) is 0.870. The van der Waals surface area contributed by atoms with E-state index < -0.39 is 6.09 Å². The lowest BCUT2D eigenvalue weighted by Crippen LogP contribution is -2.19. The Balaban J connectivity index is 1.90. The number of rotatable bonds is 4. The van der Waals surface area contributed by atoms with E-state index in [2.05, 4.69) is 25.7 Å². The lowest BCUT2D eigenvalue weighted by molar-refractivity contribution is -0.116. The first-order valence-corrected chi connectivity index (χ1v) is 5.77. The molecule has 1 aromatic carbocycles. The summed E-state index contributed by atoms with van der Waals surface area (Å²) in [6, 6.07) is 9.07. The number of nitrogens with zero attached hydrogens (tertiary/aromatic N) is 3. The van der Waals surface area contributed by atoms with Crippen molar-refractivity contribution in [2.45, 2.75) is 6.54 Å². The molecule has 8 heteroatoms. The number of nitrogens with one attached hydrogen (secondary N) is 2. The van der Waals surface area contributed by atoms with Gasteiger partial charge in [-0.1, -0.05) is 23.4 Å². The van der Waals surface area contributed by atoms with Crippen LogP contribution >= 0.6 is 0 Å². The van der Waals surface area contributed by atoms with E-state index in [0.29, 0.717) is 5.69 Å². The summed E-state index contributed by atoms with van der Waals surface area (Å²) in [4.78, 5) is 22.7. The number of anilines is 2. The molecule has 8 nitrogen and oxygen atoms in total. The summed E-state index contributed by atoms with van der Waals surface area (Å²) < 4.78 is 5.73. The molecular weight excluding hydrogens is 262 g/mol. The van der Waals surface area contributed by atoms with Crippen molar-refractivity contribution < 1.29 is 14.3 Å². The third kappa shape index (κ3) is 3.80. The maximum atomic E-state index is 11.8. The fourth-order valence-corrected chi connectivity index (χ4v) is 1.46. The van der Waals surface area contributed by atoms with Gasteiger partial charge in [-0.25, -0.2) is 9.48 Å². The molecule has 0 radical (unpaired) electrons. The molecule has 1 heterocycles. The van der Waals surface area contributed by atoms with Crippen molar-refractivity contribution in [3.8, 4) is 0 Å². The molecule has 0 spiro atoms.